The van der Waals surface area contributed by atoms with Gasteiger partial charge >= 0.3 is 0 Å². The highest BCUT2D eigenvalue weighted by atomic mass is 16.5. The lowest BCUT2D eigenvalue weighted by Crippen LogP contribution is -2.12. The zero-order valence-corrected chi connectivity index (χ0v) is 16.5. The molecule has 148 valence electrons. The second kappa shape index (κ2) is 7.71. The van der Waals surface area contributed by atoms with Gasteiger partial charge in [0.15, 0.2) is 5.82 Å². The lowest BCUT2D eigenvalue weighted by Gasteiger charge is -2.07. The molecule has 7 nitrogen and oxygen atoms in total. The Morgan fingerprint density at radius 1 is 1.07 bits per heavy atom. The highest BCUT2D eigenvalue weighted by Gasteiger charge is 2.15. The molecule has 0 aliphatic heterocycles. The molecule has 0 spiro atoms. The van der Waals surface area contributed by atoms with Crippen LogP contribution in [0, 0.1) is 0 Å². The maximum absolute atomic E-state index is 12.5. The normalized spacial score (nSPS) is 10.9. The average Bonchev–Trinajstić information content (AvgIpc) is 3.37. The first kappa shape index (κ1) is 18.6. The van der Waals surface area contributed by atoms with Gasteiger partial charge in [-0.05, 0) is 43.3 Å². The first-order chi connectivity index (χ1) is 14.1. The van der Waals surface area contributed by atoms with Crippen LogP contribution < -0.4 is 14.8 Å². The smallest absolute Gasteiger partial charge is 0.256 e. The van der Waals surface area contributed by atoms with Crippen molar-refractivity contribution in [1.29, 1.82) is 0 Å². The summed E-state index contributed by atoms with van der Waals surface area (Å²) in [5.74, 6) is 1.65. The van der Waals surface area contributed by atoms with Gasteiger partial charge in [-0.3, -0.25) is 9.89 Å². The molecule has 1 amide bonds. The lowest BCUT2D eigenvalue weighted by molar-refractivity contribution is 0.102. The Labute approximate surface area is 168 Å². The van der Waals surface area contributed by atoms with Gasteiger partial charge in [0.1, 0.15) is 11.5 Å². The SMILES string of the molecule is CCn1c(-c2cc(NC(=O)c3cccc(OC)c3)n[nH]2)cc2ccc(OC)cc21. The summed E-state index contributed by atoms with van der Waals surface area (Å²) < 4.78 is 12.7. The Hall–Kier alpha value is -3.74. The van der Waals surface area contributed by atoms with Crippen molar-refractivity contribution < 1.29 is 14.3 Å². The van der Waals surface area contributed by atoms with E-state index in [-0.39, 0.29) is 5.91 Å². The standard InChI is InChI=1S/C22H22N4O3/c1-4-26-19-12-17(29-3)9-8-14(19)11-20(26)18-13-21(25-24-18)23-22(27)15-6-5-7-16(10-15)28-2/h5-13H,4H2,1-3H3,(H2,23,24,25,27). The topological polar surface area (TPSA) is 81.2 Å². The van der Waals surface area contributed by atoms with Crippen molar-refractivity contribution in [2.24, 2.45) is 0 Å². The summed E-state index contributed by atoms with van der Waals surface area (Å²) in [4.78, 5) is 12.5. The highest BCUT2D eigenvalue weighted by Crippen LogP contribution is 2.30. The van der Waals surface area contributed by atoms with Crippen molar-refractivity contribution in [3.8, 4) is 22.9 Å². The number of nitrogens with zero attached hydrogens (tertiary/aromatic N) is 2. The van der Waals surface area contributed by atoms with E-state index < -0.39 is 0 Å². The van der Waals surface area contributed by atoms with E-state index in [1.807, 2.05) is 24.3 Å². The number of hydrogen-bond donors (Lipinski definition) is 2. The van der Waals surface area contributed by atoms with Crippen molar-refractivity contribution in [3.63, 3.8) is 0 Å². The van der Waals surface area contributed by atoms with Crippen molar-refractivity contribution >= 4 is 22.6 Å². The maximum atomic E-state index is 12.5. The first-order valence-corrected chi connectivity index (χ1v) is 9.31. The van der Waals surface area contributed by atoms with Gasteiger partial charge in [-0.1, -0.05) is 6.07 Å². The second-order valence-corrected chi connectivity index (χ2v) is 6.55. The Kier molecular flexibility index (Phi) is 4.95. The summed E-state index contributed by atoms with van der Waals surface area (Å²) in [5.41, 5.74) is 3.40. The zero-order chi connectivity index (χ0) is 20.4. The molecule has 7 heteroatoms. The molecule has 0 bridgehead atoms. The van der Waals surface area contributed by atoms with E-state index in [1.165, 1.54) is 0 Å². The molecule has 4 rings (SSSR count). The summed E-state index contributed by atoms with van der Waals surface area (Å²) in [6.45, 7) is 2.88. The number of aromatic nitrogens is 3. The number of hydrogen-bond acceptors (Lipinski definition) is 4. The lowest BCUT2D eigenvalue weighted by atomic mass is 10.2. The van der Waals surface area contributed by atoms with Crippen molar-refractivity contribution in [3.05, 3.63) is 60.2 Å². The van der Waals surface area contributed by atoms with E-state index in [1.54, 1.807) is 38.5 Å². The molecule has 2 aromatic heterocycles. The van der Waals surface area contributed by atoms with Gasteiger partial charge in [-0.25, -0.2) is 0 Å². The summed E-state index contributed by atoms with van der Waals surface area (Å²) in [7, 11) is 3.23. The third-order valence-electron chi connectivity index (χ3n) is 4.85. The van der Waals surface area contributed by atoms with Crippen molar-refractivity contribution in [2.75, 3.05) is 19.5 Å². The van der Waals surface area contributed by atoms with Gasteiger partial charge < -0.3 is 19.4 Å². The monoisotopic (exact) mass is 390 g/mol. The number of amides is 1. The van der Waals surface area contributed by atoms with Crippen LogP contribution in [0.1, 0.15) is 17.3 Å². The van der Waals surface area contributed by atoms with Crippen LogP contribution in [0.5, 0.6) is 11.5 Å². The minimum atomic E-state index is -0.247. The van der Waals surface area contributed by atoms with E-state index in [2.05, 4.69) is 33.1 Å². The molecule has 0 saturated carbocycles. The number of methoxy groups -OCH3 is 2. The van der Waals surface area contributed by atoms with Gasteiger partial charge in [0.05, 0.1) is 31.1 Å². The van der Waals surface area contributed by atoms with Gasteiger partial charge in [0.2, 0.25) is 0 Å². The molecule has 0 radical (unpaired) electrons. The fraction of sp³-hybridized carbons (Fsp3) is 0.182. The number of aryl methyl sites for hydroxylation is 1. The molecule has 0 fully saturated rings. The number of aromatic amines is 1. The number of benzene rings is 2. The Morgan fingerprint density at radius 3 is 2.62 bits per heavy atom. The molecule has 2 N–H and O–H groups in total. The average molecular weight is 390 g/mol. The molecule has 0 unspecified atom stereocenters. The molecule has 29 heavy (non-hydrogen) atoms. The fourth-order valence-corrected chi connectivity index (χ4v) is 3.39. The minimum absolute atomic E-state index is 0.247. The summed E-state index contributed by atoms with van der Waals surface area (Å²) >= 11 is 0. The number of carbonyl (C=O) groups is 1. The van der Waals surface area contributed by atoms with E-state index >= 15 is 0 Å². The number of carbonyl (C=O) groups excluding carboxylic acids is 1. The zero-order valence-electron chi connectivity index (χ0n) is 16.5. The van der Waals surface area contributed by atoms with Gasteiger partial charge in [-0.15, -0.1) is 0 Å². The van der Waals surface area contributed by atoms with Gasteiger partial charge in [0, 0.05) is 29.6 Å². The van der Waals surface area contributed by atoms with Crippen molar-refractivity contribution in [2.45, 2.75) is 13.5 Å². The third-order valence-corrected chi connectivity index (χ3v) is 4.85. The van der Waals surface area contributed by atoms with E-state index in [9.17, 15) is 4.79 Å². The second-order valence-electron chi connectivity index (χ2n) is 6.55. The number of fused-ring (bicyclic) bond motifs is 1. The van der Waals surface area contributed by atoms with Crippen LogP contribution in [0.4, 0.5) is 5.82 Å². The molecule has 4 aromatic rings. The van der Waals surface area contributed by atoms with Crippen LogP contribution in [-0.4, -0.2) is 34.9 Å². The Balaban J connectivity index is 1.62. The largest absolute Gasteiger partial charge is 0.497 e. The molecular formula is C22H22N4O3. The Bertz CT molecular complexity index is 1180. The molecule has 0 atom stereocenters. The van der Waals surface area contributed by atoms with Crippen LogP contribution in [0.15, 0.2) is 54.6 Å². The maximum Gasteiger partial charge on any atom is 0.256 e. The van der Waals surface area contributed by atoms with Crippen LogP contribution in [-0.2, 0) is 6.54 Å². The number of anilines is 1. The van der Waals surface area contributed by atoms with E-state index in [0.717, 1.165) is 34.6 Å². The van der Waals surface area contributed by atoms with Crippen LogP contribution >= 0.6 is 0 Å². The fourth-order valence-electron chi connectivity index (χ4n) is 3.39. The minimum Gasteiger partial charge on any atom is -0.497 e. The Morgan fingerprint density at radius 2 is 1.86 bits per heavy atom. The van der Waals surface area contributed by atoms with Gasteiger partial charge in [-0.2, -0.15) is 5.10 Å². The third kappa shape index (κ3) is 3.54. The number of ether oxygens (including phenoxy) is 2. The summed E-state index contributed by atoms with van der Waals surface area (Å²) in [5, 5.41) is 11.2. The van der Waals surface area contributed by atoms with Crippen LogP contribution in [0.25, 0.3) is 22.3 Å². The molecular weight excluding hydrogens is 368 g/mol. The molecule has 2 heterocycles. The summed E-state index contributed by atoms with van der Waals surface area (Å²) in [6, 6.07) is 16.9. The van der Waals surface area contributed by atoms with Crippen molar-refractivity contribution in [1.82, 2.24) is 14.8 Å². The predicted octanol–water partition coefficient (Wildman–Crippen LogP) is 4.32. The first-order valence-electron chi connectivity index (χ1n) is 9.31. The predicted molar refractivity (Wildman–Crippen MR) is 113 cm³/mol. The summed E-state index contributed by atoms with van der Waals surface area (Å²) in [6.07, 6.45) is 0. The van der Waals surface area contributed by atoms with E-state index in [0.29, 0.717) is 17.1 Å². The number of nitrogens with one attached hydrogen (secondary N) is 2. The number of H-pyrrole nitrogens is 1. The van der Waals surface area contributed by atoms with Gasteiger partial charge in [0.25, 0.3) is 5.91 Å². The van der Waals surface area contributed by atoms with Crippen LogP contribution in [0.2, 0.25) is 0 Å². The highest BCUT2D eigenvalue weighted by molar-refractivity contribution is 6.04. The van der Waals surface area contributed by atoms with Crippen LogP contribution in [0.3, 0.4) is 0 Å². The number of rotatable bonds is 6. The molecule has 0 aliphatic rings. The molecule has 2 aromatic carbocycles. The molecule has 0 saturated heterocycles. The van der Waals surface area contributed by atoms with E-state index in [4.69, 9.17) is 9.47 Å². The quantitative estimate of drug-likeness (QED) is 0.514. The molecule has 0 aliphatic carbocycles.